The summed E-state index contributed by atoms with van der Waals surface area (Å²) in [5.74, 6) is 0. The molecule has 132 valence electrons. The molecule has 0 bridgehead atoms. The highest BCUT2D eigenvalue weighted by atomic mass is 32.1. The molecule has 0 amide bonds. The summed E-state index contributed by atoms with van der Waals surface area (Å²) in [7, 11) is 1.93. The van der Waals surface area contributed by atoms with E-state index in [2.05, 4.69) is 31.3 Å². The highest BCUT2D eigenvalue weighted by Gasteiger charge is 2.24. The van der Waals surface area contributed by atoms with Gasteiger partial charge in [0.2, 0.25) is 0 Å². The van der Waals surface area contributed by atoms with Crippen LogP contribution in [-0.4, -0.2) is 57.5 Å². The molecule has 7 nitrogen and oxygen atoms in total. The molecule has 1 aliphatic rings. The molecule has 1 N–H and O–H groups in total. The first-order valence-electron chi connectivity index (χ1n) is 8.49. The highest BCUT2D eigenvalue weighted by Crippen LogP contribution is 2.29. The van der Waals surface area contributed by atoms with Gasteiger partial charge in [-0.15, -0.1) is 0 Å². The Hall–Kier alpha value is -2.03. The molecule has 1 saturated heterocycles. The van der Waals surface area contributed by atoms with Gasteiger partial charge in [-0.2, -0.15) is 5.10 Å². The SMILES string of the molecule is Cc1nn(C)c2nc(NC[C@H](c3ccccn3)N3CCOCC3)sc12. The molecule has 0 unspecified atom stereocenters. The number of nitrogens with one attached hydrogen (secondary N) is 1. The summed E-state index contributed by atoms with van der Waals surface area (Å²) in [6.07, 6.45) is 1.86. The van der Waals surface area contributed by atoms with Crippen molar-refractivity contribution < 1.29 is 4.74 Å². The number of aryl methyl sites for hydroxylation is 2. The molecule has 1 atom stereocenters. The lowest BCUT2D eigenvalue weighted by atomic mass is 10.1. The molecule has 0 saturated carbocycles. The molecule has 1 fully saturated rings. The van der Waals surface area contributed by atoms with E-state index in [1.807, 2.05) is 37.0 Å². The molecular weight excluding hydrogens is 336 g/mol. The molecule has 3 aromatic rings. The minimum atomic E-state index is 0.205. The Bertz CT molecular complexity index is 805. The van der Waals surface area contributed by atoms with E-state index in [0.717, 1.165) is 59.7 Å². The fourth-order valence-corrected chi connectivity index (χ4v) is 4.17. The van der Waals surface area contributed by atoms with Gasteiger partial charge in [-0.25, -0.2) is 9.67 Å². The van der Waals surface area contributed by atoms with Gasteiger partial charge in [0.05, 0.1) is 35.3 Å². The number of nitrogens with zero attached hydrogens (tertiary/aromatic N) is 5. The number of anilines is 1. The molecule has 3 aromatic heterocycles. The summed E-state index contributed by atoms with van der Waals surface area (Å²) in [5, 5.41) is 8.86. The van der Waals surface area contributed by atoms with E-state index >= 15 is 0 Å². The summed E-state index contributed by atoms with van der Waals surface area (Å²) in [4.78, 5) is 11.7. The minimum absolute atomic E-state index is 0.205. The van der Waals surface area contributed by atoms with Crippen LogP contribution in [0.3, 0.4) is 0 Å². The molecule has 0 radical (unpaired) electrons. The van der Waals surface area contributed by atoms with Crippen LogP contribution >= 0.6 is 11.3 Å². The van der Waals surface area contributed by atoms with E-state index in [0.29, 0.717) is 0 Å². The van der Waals surface area contributed by atoms with Crippen molar-refractivity contribution in [3.8, 4) is 0 Å². The fourth-order valence-electron chi connectivity index (χ4n) is 3.23. The third kappa shape index (κ3) is 3.37. The Kier molecular flexibility index (Phi) is 4.65. The predicted octanol–water partition coefficient (Wildman–Crippen LogP) is 2.22. The molecule has 0 spiro atoms. The summed E-state index contributed by atoms with van der Waals surface area (Å²) in [6, 6.07) is 6.30. The molecule has 0 aromatic carbocycles. The molecular formula is C17H22N6OS. The number of ether oxygens (including phenoxy) is 1. The standard InChI is InChI=1S/C17H22N6OS/c1-12-15-16(22(2)21-12)20-17(25-15)19-11-14(13-5-3-4-6-18-13)23-7-9-24-10-8-23/h3-6,14H,7-11H2,1-2H3,(H,19,20)/t14-/m1/s1. The Morgan fingerprint density at radius 2 is 2.16 bits per heavy atom. The van der Waals surface area contributed by atoms with Crippen LogP contribution in [0.5, 0.6) is 0 Å². The van der Waals surface area contributed by atoms with Gasteiger partial charge in [-0.3, -0.25) is 9.88 Å². The van der Waals surface area contributed by atoms with E-state index in [-0.39, 0.29) is 6.04 Å². The van der Waals surface area contributed by atoms with E-state index in [9.17, 15) is 0 Å². The number of fused-ring (bicyclic) bond motifs is 1. The van der Waals surface area contributed by atoms with Gasteiger partial charge in [0.15, 0.2) is 10.8 Å². The molecule has 4 rings (SSSR count). The average molecular weight is 358 g/mol. The number of hydrogen-bond acceptors (Lipinski definition) is 7. The van der Waals surface area contributed by atoms with Gasteiger partial charge >= 0.3 is 0 Å². The van der Waals surface area contributed by atoms with Crippen LogP contribution in [0.25, 0.3) is 10.3 Å². The average Bonchev–Trinajstić information content (AvgIpc) is 3.18. The van der Waals surface area contributed by atoms with Crippen molar-refractivity contribution in [1.29, 1.82) is 0 Å². The lowest BCUT2D eigenvalue weighted by Crippen LogP contribution is -2.41. The zero-order chi connectivity index (χ0) is 17.2. The molecule has 8 heteroatoms. The number of aromatic nitrogens is 4. The number of morpholine rings is 1. The Morgan fingerprint density at radius 1 is 1.32 bits per heavy atom. The van der Waals surface area contributed by atoms with E-state index in [1.165, 1.54) is 0 Å². The van der Waals surface area contributed by atoms with Gasteiger partial charge in [0.1, 0.15) is 0 Å². The van der Waals surface area contributed by atoms with E-state index < -0.39 is 0 Å². The second-order valence-corrected chi connectivity index (χ2v) is 7.18. The number of pyridine rings is 1. The minimum Gasteiger partial charge on any atom is -0.379 e. The van der Waals surface area contributed by atoms with Crippen LogP contribution in [0.4, 0.5) is 5.13 Å². The molecule has 1 aliphatic heterocycles. The zero-order valence-corrected chi connectivity index (χ0v) is 15.3. The van der Waals surface area contributed by atoms with Crippen molar-refractivity contribution in [2.45, 2.75) is 13.0 Å². The van der Waals surface area contributed by atoms with Crippen molar-refractivity contribution in [1.82, 2.24) is 24.6 Å². The normalized spacial score (nSPS) is 17.0. The van der Waals surface area contributed by atoms with Crippen molar-refractivity contribution in [3.63, 3.8) is 0 Å². The smallest absolute Gasteiger partial charge is 0.185 e. The fraction of sp³-hybridized carbons (Fsp3) is 0.471. The number of rotatable bonds is 5. The Morgan fingerprint density at radius 3 is 2.88 bits per heavy atom. The van der Waals surface area contributed by atoms with Crippen LogP contribution in [0, 0.1) is 6.92 Å². The topological polar surface area (TPSA) is 68.1 Å². The summed E-state index contributed by atoms with van der Waals surface area (Å²) < 4.78 is 8.48. The monoisotopic (exact) mass is 358 g/mol. The quantitative estimate of drug-likeness (QED) is 0.754. The van der Waals surface area contributed by atoms with Crippen molar-refractivity contribution >= 4 is 26.8 Å². The van der Waals surface area contributed by atoms with Gasteiger partial charge in [0, 0.05) is 32.9 Å². The first-order chi connectivity index (χ1) is 12.2. The summed E-state index contributed by atoms with van der Waals surface area (Å²) >= 11 is 1.66. The lowest BCUT2D eigenvalue weighted by molar-refractivity contribution is 0.0179. The van der Waals surface area contributed by atoms with Crippen molar-refractivity contribution in [2.75, 3.05) is 38.2 Å². The third-order valence-electron chi connectivity index (χ3n) is 4.51. The predicted molar refractivity (Wildman–Crippen MR) is 99.0 cm³/mol. The van der Waals surface area contributed by atoms with Crippen LogP contribution in [0.15, 0.2) is 24.4 Å². The van der Waals surface area contributed by atoms with Gasteiger partial charge < -0.3 is 10.1 Å². The van der Waals surface area contributed by atoms with Gasteiger partial charge in [-0.05, 0) is 19.1 Å². The summed E-state index contributed by atoms with van der Waals surface area (Å²) in [5.41, 5.74) is 3.04. The van der Waals surface area contributed by atoms with Crippen LogP contribution in [-0.2, 0) is 11.8 Å². The van der Waals surface area contributed by atoms with E-state index in [1.54, 1.807) is 11.3 Å². The Labute approximate surface area is 150 Å². The zero-order valence-electron chi connectivity index (χ0n) is 14.5. The number of thiazole rings is 1. The number of hydrogen-bond donors (Lipinski definition) is 1. The lowest BCUT2D eigenvalue weighted by Gasteiger charge is -2.34. The first kappa shape index (κ1) is 16.4. The van der Waals surface area contributed by atoms with Crippen molar-refractivity contribution in [3.05, 3.63) is 35.8 Å². The highest BCUT2D eigenvalue weighted by molar-refractivity contribution is 7.22. The Balaban J connectivity index is 1.54. The van der Waals surface area contributed by atoms with E-state index in [4.69, 9.17) is 4.74 Å². The second kappa shape index (κ2) is 7.07. The third-order valence-corrected chi connectivity index (χ3v) is 5.62. The second-order valence-electron chi connectivity index (χ2n) is 6.18. The molecule has 4 heterocycles. The maximum atomic E-state index is 5.50. The van der Waals surface area contributed by atoms with Crippen LogP contribution < -0.4 is 5.32 Å². The molecule has 25 heavy (non-hydrogen) atoms. The van der Waals surface area contributed by atoms with Crippen LogP contribution in [0.2, 0.25) is 0 Å². The first-order valence-corrected chi connectivity index (χ1v) is 9.31. The maximum Gasteiger partial charge on any atom is 0.185 e. The summed E-state index contributed by atoms with van der Waals surface area (Å²) in [6.45, 7) is 6.18. The van der Waals surface area contributed by atoms with Crippen molar-refractivity contribution in [2.24, 2.45) is 7.05 Å². The largest absolute Gasteiger partial charge is 0.379 e. The van der Waals surface area contributed by atoms with Gasteiger partial charge in [-0.1, -0.05) is 17.4 Å². The maximum absolute atomic E-state index is 5.50. The molecule has 0 aliphatic carbocycles. The van der Waals surface area contributed by atoms with Gasteiger partial charge in [0.25, 0.3) is 0 Å². The van der Waals surface area contributed by atoms with Crippen LogP contribution in [0.1, 0.15) is 17.4 Å².